The fourth-order valence-corrected chi connectivity index (χ4v) is 0.821. The summed E-state index contributed by atoms with van der Waals surface area (Å²) < 4.78 is 5.37. The van der Waals surface area contributed by atoms with Gasteiger partial charge in [0.1, 0.15) is 0 Å². The van der Waals surface area contributed by atoms with Gasteiger partial charge in [-0.3, -0.25) is 0 Å². The third-order valence-electron chi connectivity index (χ3n) is 1.40. The van der Waals surface area contributed by atoms with Crippen LogP contribution in [0.25, 0.3) is 0 Å². The highest BCUT2D eigenvalue weighted by Crippen LogP contribution is 2.11. The molecule has 0 amide bonds. The van der Waals surface area contributed by atoms with Crippen molar-refractivity contribution >= 4 is 0 Å². The third-order valence-corrected chi connectivity index (χ3v) is 1.40. The van der Waals surface area contributed by atoms with Crippen LogP contribution in [0.15, 0.2) is 18.3 Å². The number of hydrogen-bond donors (Lipinski definition) is 0. The molecule has 0 aliphatic carbocycles. The molecule has 0 atom stereocenters. The van der Waals surface area contributed by atoms with Crippen LogP contribution >= 0.6 is 0 Å². The molecule has 0 N–H and O–H groups in total. The monoisotopic (exact) mass is 151 g/mol. The van der Waals surface area contributed by atoms with Gasteiger partial charge in [0.05, 0.1) is 6.61 Å². The molecular formula is C9H13NO. The first-order valence-corrected chi connectivity index (χ1v) is 3.89. The summed E-state index contributed by atoms with van der Waals surface area (Å²) in [7, 11) is 0. The zero-order valence-corrected chi connectivity index (χ0v) is 7.00. The first kappa shape index (κ1) is 8.05. The molecule has 0 radical (unpaired) electrons. The minimum absolute atomic E-state index is 0.748. The van der Waals surface area contributed by atoms with E-state index in [0.29, 0.717) is 0 Å². The number of rotatable bonds is 3. The summed E-state index contributed by atoms with van der Waals surface area (Å²) in [4.78, 5) is 4.09. The minimum atomic E-state index is 0.748. The molecule has 0 aromatic carbocycles. The summed E-state index contributed by atoms with van der Waals surface area (Å²) in [5, 5.41) is 0. The van der Waals surface area contributed by atoms with Gasteiger partial charge in [0.15, 0.2) is 0 Å². The van der Waals surface area contributed by atoms with Crippen molar-refractivity contribution < 1.29 is 4.74 Å². The normalized spacial score (nSPS) is 9.64. The van der Waals surface area contributed by atoms with Crippen molar-refractivity contribution in [1.82, 2.24) is 4.98 Å². The molecule has 1 rings (SSSR count). The highest BCUT2D eigenvalue weighted by molar-refractivity contribution is 5.22. The predicted octanol–water partition coefficient (Wildman–Crippen LogP) is 2.18. The zero-order chi connectivity index (χ0) is 8.10. The lowest BCUT2D eigenvalue weighted by Crippen LogP contribution is -1.98. The topological polar surface area (TPSA) is 22.1 Å². The molecule has 2 nitrogen and oxygen atoms in total. The van der Waals surface area contributed by atoms with Gasteiger partial charge >= 0.3 is 0 Å². The predicted molar refractivity (Wildman–Crippen MR) is 44.8 cm³/mol. The molecule has 0 unspecified atom stereocenters. The molecule has 60 valence electrons. The van der Waals surface area contributed by atoms with Gasteiger partial charge in [-0.05, 0) is 19.4 Å². The molecule has 0 aliphatic rings. The van der Waals surface area contributed by atoms with E-state index >= 15 is 0 Å². The maximum atomic E-state index is 5.37. The number of nitrogens with zero attached hydrogens (tertiary/aromatic N) is 1. The second kappa shape index (κ2) is 3.96. The van der Waals surface area contributed by atoms with E-state index in [1.165, 1.54) is 0 Å². The molecule has 11 heavy (non-hydrogen) atoms. The summed E-state index contributed by atoms with van der Waals surface area (Å²) >= 11 is 0. The van der Waals surface area contributed by atoms with E-state index in [2.05, 4.69) is 11.9 Å². The van der Waals surface area contributed by atoms with Crippen LogP contribution < -0.4 is 4.74 Å². The summed E-state index contributed by atoms with van der Waals surface area (Å²) in [6.07, 6.45) is 2.77. The van der Waals surface area contributed by atoms with Crippen LogP contribution in [-0.2, 0) is 0 Å². The highest BCUT2D eigenvalue weighted by atomic mass is 16.5. The van der Waals surface area contributed by atoms with Crippen molar-refractivity contribution in [2.75, 3.05) is 6.61 Å². The molecule has 0 bridgehead atoms. The summed E-state index contributed by atoms with van der Waals surface area (Å²) in [5.74, 6) is 0.759. The van der Waals surface area contributed by atoms with Gasteiger partial charge in [0.2, 0.25) is 5.88 Å². The number of hydrogen-bond acceptors (Lipinski definition) is 2. The van der Waals surface area contributed by atoms with E-state index in [-0.39, 0.29) is 0 Å². The van der Waals surface area contributed by atoms with Gasteiger partial charge in [-0.2, -0.15) is 0 Å². The Kier molecular flexibility index (Phi) is 2.90. The lowest BCUT2D eigenvalue weighted by atomic mass is 10.3. The van der Waals surface area contributed by atoms with Gasteiger partial charge in [-0.25, -0.2) is 4.98 Å². The van der Waals surface area contributed by atoms with Crippen molar-refractivity contribution in [2.45, 2.75) is 20.3 Å². The van der Waals surface area contributed by atoms with E-state index in [4.69, 9.17) is 4.74 Å². The van der Waals surface area contributed by atoms with Crippen LogP contribution in [0.4, 0.5) is 0 Å². The first-order chi connectivity index (χ1) is 5.34. The Hall–Kier alpha value is -1.05. The SMILES string of the molecule is CCCOc1ncccc1C. The van der Waals surface area contributed by atoms with Crippen molar-refractivity contribution in [1.29, 1.82) is 0 Å². The van der Waals surface area contributed by atoms with Crippen molar-refractivity contribution in [3.8, 4) is 5.88 Å². The maximum Gasteiger partial charge on any atom is 0.216 e. The highest BCUT2D eigenvalue weighted by Gasteiger charge is 1.96. The molecule has 2 heteroatoms. The number of aryl methyl sites for hydroxylation is 1. The first-order valence-electron chi connectivity index (χ1n) is 3.89. The molecule has 1 heterocycles. The second-order valence-corrected chi connectivity index (χ2v) is 2.47. The van der Waals surface area contributed by atoms with Crippen molar-refractivity contribution in [2.24, 2.45) is 0 Å². The summed E-state index contributed by atoms with van der Waals surface area (Å²) in [6, 6.07) is 3.91. The van der Waals surface area contributed by atoms with Crippen LogP contribution in [0.5, 0.6) is 5.88 Å². The standard InChI is InChI=1S/C9H13NO/c1-3-7-11-9-8(2)5-4-6-10-9/h4-6H,3,7H2,1-2H3. The van der Waals surface area contributed by atoms with E-state index in [1.807, 2.05) is 19.1 Å². The Bertz CT molecular complexity index is 223. The molecule has 1 aromatic rings. The number of aromatic nitrogens is 1. The third kappa shape index (κ3) is 2.22. The van der Waals surface area contributed by atoms with E-state index < -0.39 is 0 Å². The van der Waals surface area contributed by atoms with Gasteiger partial charge in [0.25, 0.3) is 0 Å². The van der Waals surface area contributed by atoms with Crippen LogP contribution in [0.2, 0.25) is 0 Å². The van der Waals surface area contributed by atoms with E-state index in [0.717, 1.165) is 24.5 Å². The molecule has 0 aliphatic heterocycles. The van der Waals surface area contributed by atoms with Crippen molar-refractivity contribution in [3.05, 3.63) is 23.9 Å². The lowest BCUT2D eigenvalue weighted by molar-refractivity contribution is 0.303. The lowest BCUT2D eigenvalue weighted by Gasteiger charge is -2.04. The molecule has 0 saturated heterocycles. The summed E-state index contributed by atoms with van der Waals surface area (Å²) in [5.41, 5.74) is 1.10. The van der Waals surface area contributed by atoms with E-state index in [9.17, 15) is 0 Å². The summed E-state index contributed by atoms with van der Waals surface area (Å²) in [6.45, 7) is 4.83. The van der Waals surface area contributed by atoms with Crippen LogP contribution in [0.1, 0.15) is 18.9 Å². The van der Waals surface area contributed by atoms with Gasteiger partial charge in [-0.15, -0.1) is 0 Å². The van der Waals surface area contributed by atoms with Crippen LogP contribution in [0, 0.1) is 6.92 Å². The molecule has 0 spiro atoms. The molecular weight excluding hydrogens is 138 g/mol. The van der Waals surface area contributed by atoms with Crippen LogP contribution in [-0.4, -0.2) is 11.6 Å². The van der Waals surface area contributed by atoms with Gasteiger partial charge in [-0.1, -0.05) is 13.0 Å². The largest absolute Gasteiger partial charge is 0.477 e. The Balaban J connectivity index is 2.62. The smallest absolute Gasteiger partial charge is 0.216 e. The number of ether oxygens (including phenoxy) is 1. The Morgan fingerprint density at radius 2 is 2.36 bits per heavy atom. The van der Waals surface area contributed by atoms with E-state index in [1.54, 1.807) is 6.20 Å². The Labute approximate surface area is 67.2 Å². The van der Waals surface area contributed by atoms with Crippen molar-refractivity contribution in [3.63, 3.8) is 0 Å². The fourth-order valence-electron chi connectivity index (χ4n) is 0.821. The second-order valence-electron chi connectivity index (χ2n) is 2.47. The Morgan fingerprint density at radius 1 is 1.55 bits per heavy atom. The molecule has 1 aromatic heterocycles. The minimum Gasteiger partial charge on any atom is -0.477 e. The van der Waals surface area contributed by atoms with Gasteiger partial charge < -0.3 is 4.74 Å². The molecule has 0 saturated carbocycles. The fraction of sp³-hybridized carbons (Fsp3) is 0.444. The average molecular weight is 151 g/mol. The van der Waals surface area contributed by atoms with Crippen LogP contribution in [0.3, 0.4) is 0 Å². The van der Waals surface area contributed by atoms with Gasteiger partial charge in [0, 0.05) is 11.8 Å². The average Bonchev–Trinajstić information content (AvgIpc) is 2.03. The maximum absolute atomic E-state index is 5.37. The number of pyridine rings is 1. The quantitative estimate of drug-likeness (QED) is 0.660. The zero-order valence-electron chi connectivity index (χ0n) is 7.00. The Morgan fingerprint density at radius 3 is 3.00 bits per heavy atom. The molecule has 0 fully saturated rings.